The predicted molar refractivity (Wildman–Crippen MR) is 123 cm³/mol. The number of halogens is 1. The van der Waals surface area contributed by atoms with Gasteiger partial charge in [-0.25, -0.2) is 9.37 Å². The summed E-state index contributed by atoms with van der Waals surface area (Å²) in [5, 5.41) is 2.91. The minimum atomic E-state index is -0.337. The van der Waals surface area contributed by atoms with Crippen LogP contribution < -0.4 is 19.9 Å². The Balaban J connectivity index is 1.51. The number of nitrogens with one attached hydrogen (secondary N) is 1. The monoisotopic (exact) mass is 435 g/mol. The lowest BCUT2D eigenvalue weighted by Gasteiger charge is -2.28. The summed E-state index contributed by atoms with van der Waals surface area (Å²) in [4.78, 5) is 26.1. The van der Waals surface area contributed by atoms with Gasteiger partial charge < -0.3 is 19.9 Å². The van der Waals surface area contributed by atoms with Gasteiger partial charge in [-0.15, -0.1) is 0 Å². The maximum Gasteiger partial charge on any atom is 0.255 e. The smallest absolute Gasteiger partial charge is 0.255 e. The highest BCUT2D eigenvalue weighted by molar-refractivity contribution is 6.05. The Hall–Kier alpha value is -3.68. The molecule has 0 radical (unpaired) electrons. The van der Waals surface area contributed by atoms with Crippen LogP contribution in [0.4, 0.5) is 21.8 Å². The van der Waals surface area contributed by atoms with E-state index >= 15 is 0 Å². The molecule has 1 aromatic heterocycles. The molecule has 0 bridgehead atoms. The van der Waals surface area contributed by atoms with Crippen LogP contribution in [0.1, 0.15) is 29.6 Å². The van der Waals surface area contributed by atoms with Crippen molar-refractivity contribution in [2.45, 2.75) is 19.3 Å². The van der Waals surface area contributed by atoms with E-state index in [0.29, 0.717) is 34.5 Å². The maximum atomic E-state index is 13.1. The molecule has 0 unspecified atom stereocenters. The molecule has 0 atom stereocenters. The highest BCUT2D eigenvalue weighted by Crippen LogP contribution is 2.27. The third-order valence-corrected chi connectivity index (χ3v) is 5.21. The number of piperidine rings is 1. The van der Waals surface area contributed by atoms with Crippen molar-refractivity contribution in [3.63, 3.8) is 0 Å². The molecule has 1 N–H and O–H groups in total. The Labute approximate surface area is 186 Å². The number of benzene rings is 2. The second-order valence-corrected chi connectivity index (χ2v) is 7.89. The van der Waals surface area contributed by atoms with Crippen LogP contribution in [0.25, 0.3) is 0 Å². The van der Waals surface area contributed by atoms with Gasteiger partial charge in [-0.2, -0.15) is 4.98 Å². The number of hydrogen-bond donors (Lipinski definition) is 1. The van der Waals surface area contributed by atoms with E-state index < -0.39 is 0 Å². The zero-order valence-electron chi connectivity index (χ0n) is 18.2. The largest absolute Gasteiger partial charge is 0.457 e. The van der Waals surface area contributed by atoms with E-state index in [4.69, 9.17) is 9.72 Å². The second kappa shape index (κ2) is 9.64. The van der Waals surface area contributed by atoms with Crippen molar-refractivity contribution in [1.29, 1.82) is 0 Å². The third kappa shape index (κ3) is 5.14. The quantitative estimate of drug-likeness (QED) is 0.604. The summed E-state index contributed by atoms with van der Waals surface area (Å²) in [7, 11) is 3.77. The maximum absolute atomic E-state index is 13.1. The Morgan fingerprint density at radius 1 is 1.06 bits per heavy atom. The fourth-order valence-electron chi connectivity index (χ4n) is 3.57. The summed E-state index contributed by atoms with van der Waals surface area (Å²) in [5.41, 5.74) is 0.958. The molecule has 1 aliphatic heterocycles. The normalized spacial score (nSPS) is 13.5. The molecular formula is C24H26FN5O2. The van der Waals surface area contributed by atoms with Gasteiger partial charge in [-0.05, 0) is 61.7 Å². The number of rotatable bonds is 6. The number of aromatic nitrogens is 2. The topological polar surface area (TPSA) is 70.6 Å². The lowest BCUT2D eigenvalue weighted by molar-refractivity contribution is 0.102. The van der Waals surface area contributed by atoms with Crippen LogP contribution in [0.2, 0.25) is 0 Å². The molecule has 1 saturated heterocycles. The molecule has 0 saturated carbocycles. The van der Waals surface area contributed by atoms with E-state index in [9.17, 15) is 9.18 Å². The molecule has 1 fully saturated rings. The summed E-state index contributed by atoms with van der Waals surface area (Å²) in [6.07, 6.45) is 5.16. The SMILES string of the molecule is CN(C)c1nc(N2CCCCC2)ncc1NC(=O)c1cccc(Oc2ccc(F)cc2)c1. The van der Waals surface area contributed by atoms with E-state index in [-0.39, 0.29) is 11.7 Å². The van der Waals surface area contributed by atoms with Gasteiger partial charge in [-0.3, -0.25) is 4.79 Å². The highest BCUT2D eigenvalue weighted by atomic mass is 19.1. The van der Waals surface area contributed by atoms with Gasteiger partial charge in [0.15, 0.2) is 5.82 Å². The summed E-state index contributed by atoms with van der Waals surface area (Å²) >= 11 is 0. The van der Waals surface area contributed by atoms with Crippen molar-refractivity contribution in [2.24, 2.45) is 0 Å². The molecule has 2 aromatic carbocycles. The molecule has 2 heterocycles. The van der Waals surface area contributed by atoms with Crippen LogP contribution in [-0.4, -0.2) is 43.1 Å². The number of carbonyl (C=O) groups excluding carboxylic acids is 1. The Morgan fingerprint density at radius 2 is 1.81 bits per heavy atom. The summed E-state index contributed by atoms with van der Waals surface area (Å²) in [6.45, 7) is 1.89. The molecular weight excluding hydrogens is 409 g/mol. The van der Waals surface area contributed by atoms with Gasteiger partial charge in [0.05, 0.1) is 6.20 Å². The molecule has 1 amide bonds. The molecule has 7 nitrogen and oxygen atoms in total. The first kappa shape index (κ1) is 21.5. The molecule has 0 spiro atoms. The van der Waals surface area contributed by atoms with Gasteiger partial charge >= 0.3 is 0 Å². The first-order valence-electron chi connectivity index (χ1n) is 10.6. The standard InChI is InChI=1S/C24H26FN5O2/c1-29(2)22-21(16-26-24(28-22)30-13-4-3-5-14-30)27-23(31)17-7-6-8-20(15-17)32-19-11-9-18(25)10-12-19/h6-12,15-16H,3-5,13-14H2,1-2H3,(H,27,31). The van der Waals surface area contributed by atoms with Gasteiger partial charge in [-0.1, -0.05) is 6.07 Å². The minimum absolute atomic E-state index is 0.299. The molecule has 4 rings (SSSR count). The first-order chi connectivity index (χ1) is 15.5. The van der Waals surface area contributed by atoms with E-state index in [2.05, 4.69) is 15.2 Å². The fourth-order valence-corrected chi connectivity index (χ4v) is 3.57. The molecule has 8 heteroatoms. The summed E-state index contributed by atoms with van der Waals surface area (Å²) < 4.78 is 18.8. The molecule has 0 aliphatic carbocycles. The van der Waals surface area contributed by atoms with Crippen LogP contribution in [-0.2, 0) is 0 Å². The van der Waals surface area contributed by atoms with E-state index in [1.165, 1.54) is 30.7 Å². The van der Waals surface area contributed by atoms with Crippen molar-refractivity contribution < 1.29 is 13.9 Å². The third-order valence-electron chi connectivity index (χ3n) is 5.21. The number of nitrogens with zero attached hydrogens (tertiary/aromatic N) is 4. The van der Waals surface area contributed by atoms with Gasteiger partial charge in [0.25, 0.3) is 5.91 Å². The van der Waals surface area contributed by atoms with Crippen LogP contribution in [0.15, 0.2) is 54.7 Å². The lowest BCUT2D eigenvalue weighted by Crippen LogP contribution is -2.31. The number of hydrogen-bond acceptors (Lipinski definition) is 6. The summed E-state index contributed by atoms with van der Waals surface area (Å²) in [5.74, 6) is 1.66. The Morgan fingerprint density at radius 3 is 2.53 bits per heavy atom. The highest BCUT2D eigenvalue weighted by Gasteiger charge is 2.18. The second-order valence-electron chi connectivity index (χ2n) is 7.89. The van der Waals surface area contributed by atoms with Crippen molar-refractivity contribution in [1.82, 2.24) is 9.97 Å². The number of anilines is 3. The number of carbonyl (C=O) groups is 1. The Bertz CT molecular complexity index is 1080. The zero-order valence-corrected chi connectivity index (χ0v) is 18.2. The van der Waals surface area contributed by atoms with E-state index in [1.807, 2.05) is 19.0 Å². The van der Waals surface area contributed by atoms with Crippen LogP contribution in [0, 0.1) is 5.82 Å². The van der Waals surface area contributed by atoms with Crippen LogP contribution >= 0.6 is 0 Å². The number of ether oxygens (including phenoxy) is 1. The zero-order chi connectivity index (χ0) is 22.5. The summed E-state index contributed by atoms with van der Waals surface area (Å²) in [6, 6.07) is 12.5. The molecule has 32 heavy (non-hydrogen) atoms. The molecule has 3 aromatic rings. The van der Waals surface area contributed by atoms with Gasteiger partial charge in [0, 0.05) is 32.7 Å². The van der Waals surface area contributed by atoms with Crippen LogP contribution in [0.3, 0.4) is 0 Å². The minimum Gasteiger partial charge on any atom is -0.457 e. The van der Waals surface area contributed by atoms with Crippen molar-refractivity contribution in [3.05, 3.63) is 66.1 Å². The molecule has 166 valence electrons. The lowest BCUT2D eigenvalue weighted by atomic mass is 10.1. The molecule has 1 aliphatic rings. The van der Waals surface area contributed by atoms with Crippen LogP contribution in [0.5, 0.6) is 11.5 Å². The average Bonchev–Trinajstić information content (AvgIpc) is 2.81. The van der Waals surface area contributed by atoms with Gasteiger partial charge in [0.2, 0.25) is 5.95 Å². The van der Waals surface area contributed by atoms with E-state index in [0.717, 1.165) is 25.9 Å². The van der Waals surface area contributed by atoms with Gasteiger partial charge in [0.1, 0.15) is 23.0 Å². The van der Waals surface area contributed by atoms with E-state index in [1.54, 1.807) is 30.5 Å². The fraction of sp³-hybridized carbons (Fsp3) is 0.292. The Kier molecular flexibility index (Phi) is 6.49. The van der Waals surface area contributed by atoms with Crippen molar-refractivity contribution >= 4 is 23.4 Å². The first-order valence-corrected chi connectivity index (χ1v) is 10.6. The van der Waals surface area contributed by atoms with Crippen molar-refractivity contribution in [3.8, 4) is 11.5 Å². The number of amides is 1. The predicted octanol–water partition coefficient (Wildman–Crippen LogP) is 4.72. The van der Waals surface area contributed by atoms with Crippen molar-refractivity contribution in [2.75, 3.05) is 42.3 Å². The average molecular weight is 436 g/mol.